The van der Waals surface area contributed by atoms with Gasteiger partial charge < -0.3 is 33.8 Å². The van der Waals surface area contributed by atoms with Crippen molar-refractivity contribution in [3.05, 3.63) is 97.2 Å². The van der Waals surface area contributed by atoms with Crippen LogP contribution in [0.4, 0.5) is 0 Å². The Hall–Kier alpha value is -4.02. The minimum Gasteiger partial charge on any atom is -0.462 e. The SMILES string of the molecule is CC/C=C\C/C=C\C/C=C\C/C=C\CCCCCCC(=O)OCC(COP(=O)(O)OCC(O)COP(=O)(O)OCC(COC(=O)CCCCCCC/C=C\CCCC)OC(=O)CCCCCCC/C=C\CCCC)OC(=O)CCCCCCC/C=C\C/C=C\CCCCC. The fourth-order valence-corrected chi connectivity index (χ4v) is 11.0. The molecule has 0 amide bonds. The standard InChI is InChI=1S/C75H130O17P2/c1-5-9-13-17-21-25-29-31-33-34-36-37-41-44-48-52-56-60-73(78)86-66-71(92-75(80)62-58-54-50-46-42-38-35-32-30-26-22-18-14-10-6-2)68-90-94(83,84)88-64-69(76)63-87-93(81,82)89-67-70(91-74(79)61-57-53-49-45-40-28-24-20-16-12-8-4)65-85-72(77)59-55-51-47-43-39-27-23-19-15-11-7-3/h9,13,19-26,31-33,35-37,69-71,76H,5-8,10-12,14-18,27-30,34,38-68H2,1-4H3,(H,81,82)(H,83,84)/b13-9-,23-19-,24-20-,25-21-,26-22-,33-31-,35-32-,37-36-. The third-order valence-corrected chi connectivity index (χ3v) is 16.9. The molecule has 5 unspecified atom stereocenters. The molecule has 0 heterocycles. The van der Waals surface area contributed by atoms with E-state index in [1.54, 1.807) is 0 Å². The number of hydrogen-bond donors (Lipinski definition) is 3. The summed E-state index contributed by atoms with van der Waals surface area (Å²) in [6.45, 7) is 4.59. The predicted molar refractivity (Wildman–Crippen MR) is 381 cm³/mol. The third kappa shape index (κ3) is 66.6. The molecule has 0 aromatic heterocycles. The highest BCUT2D eigenvalue weighted by atomic mass is 31.2. The number of carbonyl (C=O) groups excluding carboxylic acids is 4. The summed E-state index contributed by atoms with van der Waals surface area (Å²) < 4.78 is 68.2. The van der Waals surface area contributed by atoms with Gasteiger partial charge in [0.15, 0.2) is 12.2 Å². The van der Waals surface area contributed by atoms with Crippen LogP contribution in [0.1, 0.15) is 297 Å². The van der Waals surface area contributed by atoms with E-state index in [-0.39, 0.29) is 25.7 Å². The van der Waals surface area contributed by atoms with Gasteiger partial charge in [-0.25, -0.2) is 9.13 Å². The van der Waals surface area contributed by atoms with Gasteiger partial charge in [-0.1, -0.05) is 234 Å². The molecule has 0 rings (SSSR count). The molecule has 0 aromatic carbocycles. The van der Waals surface area contributed by atoms with Crippen LogP contribution in [0.15, 0.2) is 97.2 Å². The van der Waals surface area contributed by atoms with Crippen molar-refractivity contribution in [1.29, 1.82) is 0 Å². The fraction of sp³-hybridized carbons (Fsp3) is 0.733. The summed E-state index contributed by atoms with van der Waals surface area (Å²) in [6, 6.07) is 0. The first kappa shape index (κ1) is 90.0. The number of carbonyl (C=O) groups is 4. The Bertz CT molecular complexity index is 2170. The van der Waals surface area contributed by atoms with Crippen molar-refractivity contribution in [3.8, 4) is 0 Å². The lowest BCUT2D eigenvalue weighted by Crippen LogP contribution is -2.30. The molecular formula is C75H130O17P2. The van der Waals surface area contributed by atoms with E-state index in [9.17, 15) is 43.2 Å². The lowest BCUT2D eigenvalue weighted by atomic mass is 10.1. The maximum atomic E-state index is 13.0. The molecule has 5 atom stereocenters. The highest BCUT2D eigenvalue weighted by Crippen LogP contribution is 2.45. The van der Waals surface area contributed by atoms with Crippen LogP contribution < -0.4 is 0 Å². The number of esters is 4. The first-order chi connectivity index (χ1) is 45.7. The van der Waals surface area contributed by atoms with Gasteiger partial charge in [0.05, 0.1) is 26.4 Å². The smallest absolute Gasteiger partial charge is 0.462 e. The van der Waals surface area contributed by atoms with Gasteiger partial charge in [0.25, 0.3) is 0 Å². The number of aliphatic hydroxyl groups is 1. The van der Waals surface area contributed by atoms with E-state index < -0.39 is 97.5 Å². The van der Waals surface area contributed by atoms with Crippen molar-refractivity contribution < 1.29 is 80.2 Å². The monoisotopic (exact) mass is 1360 g/mol. The van der Waals surface area contributed by atoms with Gasteiger partial charge >= 0.3 is 39.5 Å². The Kier molecular flexibility index (Phi) is 64.7. The largest absolute Gasteiger partial charge is 0.472 e. The molecule has 94 heavy (non-hydrogen) atoms. The number of ether oxygens (including phenoxy) is 4. The lowest BCUT2D eigenvalue weighted by molar-refractivity contribution is -0.161. The molecule has 0 fully saturated rings. The number of phosphoric ester groups is 2. The number of allylic oxidation sites excluding steroid dienone is 16. The quantitative estimate of drug-likeness (QED) is 0.0169. The van der Waals surface area contributed by atoms with E-state index in [0.29, 0.717) is 25.7 Å². The molecule has 0 radical (unpaired) electrons. The fourth-order valence-electron chi connectivity index (χ4n) is 9.38. The van der Waals surface area contributed by atoms with Gasteiger partial charge in [-0.05, 0) is 135 Å². The van der Waals surface area contributed by atoms with Crippen molar-refractivity contribution in [3.63, 3.8) is 0 Å². The summed E-state index contributed by atoms with van der Waals surface area (Å²) in [6.07, 6.45) is 68.4. The second-order valence-electron chi connectivity index (χ2n) is 24.1. The molecule has 542 valence electrons. The summed E-state index contributed by atoms with van der Waals surface area (Å²) in [5.41, 5.74) is 0. The van der Waals surface area contributed by atoms with Crippen LogP contribution in [0.3, 0.4) is 0 Å². The second-order valence-corrected chi connectivity index (χ2v) is 27.0. The van der Waals surface area contributed by atoms with Gasteiger partial charge in [0.2, 0.25) is 0 Å². The Balaban J connectivity index is 5.36. The van der Waals surface area contributed by atoms with Gasteiger partial charge in [0, 0.05) is 25.7 Å². The molecule has 0 saturated carbocycles. The number of rotatable bonds is 68. The molecule has 3 N–H and O–H groups in total. The first-order valence-electron chi connectivity index (χ1n) is 36.5. The van der Waals surface area contributed by atoms with Crippen LogP contribution >= 0.6 is 15.6 Å². The van der Waals surface area contributed by atoms with Crippen LogP contribution in [-0.4, -0.2) is 96.7 Å². The average Bonchev–Trinajstić information content (AvgIpc) is 1.29. The van der Waals surface area contributed by atoms with Crippen molar-refractivity contribution in [2.75, 3.05) is 39.6 Å². The zero-order chi connectivity index (χ0) is 69.0. The van der Waals surface area contributed by atoms with E-state index in [1.807, 2.05) is 0 Å². The topological polar surface area (TPSA) is 237 Å². The van der Waals surface area contributed by atoms with Crippen LogP contribution in [0.25, 0.3) is 0 Å². The van der Waals surface area contributed by atoms with E-state index >= 15 is 0 Å². The molecule has 0 aromatic rings. The summed E-state index contributed by atoms with van der Waals surface area (Å²) in [5.74, 6) is -2.23. The van der Waals surface area contributed by atoms with Crippen molar-refractivity contribution in [2.45, 2.75) is 316 Å². The zero-order valence-corrected chi connectivity index (χ0v) is 60.7. The van der Waals surface area contributed by atoms with E-state index in [2.05, 4.69) is 125 Å². The van der Waals surface area contributed by atoms with Crippen LogP contribution in [-0.2, 0) is 65.4 Å². The van der Waals surface area contributed by atoms with Gasteiger partial charge in [-0.15, -0.1) is 0 Å². The number of aliphatic hydroxyl groups excluding tert-OH is 1. The zero-order valence-electron chi connectivity index (χ0n) is 58.9. The summed E-state index contributed by atoms with van der Waals surface area (Å²) in [4.78, 5) is 72.6. The molecule has 0 aliphatic rings. The van der Waals surface area contributed by atoms with Crippen molar-refractivity contribution >= 4 is 39.5 Å². The van der Waals surface area contributed by atoms with Gasteiger partial charge in [0.1, 0.15) is 19.3 Å². The molecular weight excluding hydrogens is 1230 g/mol. The van der Waals surface area contributed by atoms with Gasteiger partial charge in [-0.3, -0.25) is 37.3 Å². The Morgan fingerprint density at radius 1 is 0.309 bits per heavy atom. The number of phosphoric acid groups is 2. The van der Waals surface area contributed by atoms with Crippen molar-refractivity contribution in [1.82, 2.24) is 0 Å². The van der Waals surface area contributed by atoms with E-state index in [4.69, 9.17) is 37.0 Å². The van der Waals surface area contributed by atoms with Crippen LogP contribution in [0, 0.1) is 0 Å². The molecule has 0 aliphatic carbocycles. The predicted octanol–water partition coefficient (Wildman–Crippen LogP) is 20.4. The minimum absolute atomic E-state index is 0.0726. The average molecular weight is 1370 g/mol. The number of unbranched alkanes of at least 4 members (excludes halogenated alkanes) is 26. The number of hydrogen-bond acceptors (Lipinski definition) is 15. The third-order valence-electron chi connectivity index (χ3n) is 15.0. The summed E-state index contributed by atoms with van der Waals surface area (Å²) in [7, 11) is -9.95. The van der Waals surface area contributed by atoms with Gasteiger partial charge in [-0.2, -0.15) is 0 Å². The Morgan fingerprint density at radius 2 is 0.564 bits per heavy atom. The maximum absolute atomic E-state index is 13.0. The minimum atomic E-state index is -4.98. The van der Waals surface area contributed by atoms with E-state index in [0.717, 1.165) is 173 Å². The molecule has 0 aliphatic heterocycles. The molecule has 17 nitrogen and oxygen atoms in total. The molecule has 0 saturated heterocycles. The molecule has 0 bridgehead atoms. The highest BCUT2D eigenvalue weighted by Gasteiger charge is 2.30. The maximum Gasteiger partial charge on any atom is 0.472 e. The van der Waals surface area contributed by atoms with Crippen LogP contribution in [0.2, 0.25) is 0 Å². The Morgan fingerprint density at radius 3 is 0.894 bits per heavy atom. The van der Waals surface area contributed by atoms with Crippen molar-refractivity contribution in [2.24, 2.45) is 0 Å². The first-order valence-corrected chi connectivity index (χ1v) is 39.5. The summed E-state index contributed by atoms with van der Waals surface area (Å²) >= 11 is 0. The van der Waals surface area contributed by atoms with Crippen LogP contribution in [0.5, 0.6) is 0 Å². The second kappa shape index (κ2) is 67.5. The normalized spacial score (nSPS) is 14.6. The highest BCUT2D eigenvalue weighted by molar-refractivity contribution is 7.47. The lowest BCUT2D eigenvalue weighted by Gasteiger charge is -2.21. The Labute approximate surface area is 569 Å². The molecule has 0 spiro atoms. The summed E-state index contributed by atoms with van der Waals surface area (Å²) in [5, 5.41) is 10.6. The van der Waals surface area contributed by atoms with E-state index in [1.165, 1.54) is 44.9 Å². The molecule has 19 heteroatoms.